The first-order valence-electron chi connectivity index (χ1n) is 8.12. The monoisotopic (exact) mass is 362 g/mol. The van der Waals surface area contributed by atoms with Crippen molar-refractivity contribution in [2.45, 2.75) is 5.60 Å². The maximum atomic E-state index is 12.6. The zero-order chi connectivity index (χ0) is 19.2. The summed E-state index contributed by atoms with van der Waals surface area (Å²) in [6.07, 6.45) is 0. The highest BCUT2D eigenvalue weighted by molar-refractivity contribution is 5.99. The molecule has 0 spiro atoms. The summed E-state index contributed by atoms with van der Waals surface area (Å²) in [6, 6.07) is 16.7. The van der Waals surface area contributed by atoms with E-state index >= 15 is 0 Å². The van der Waals surface area contributed by atoms with Crippen molar-refractivity contribution in [3.63, 3.8) is 0 Å². The van der Waals surface area contributed by atoms with Gasteiger partial charge in [0.25, 0.3) is 0 Å². The molecule has 0 aliphatic carbocycles. The third-order valence-corrected chi connectivity index (χ3v) is 4.66. The van der Waals surface area contributed by atoms with Crippen LogP contribution in [0.1, 0.15) is 37.4 Å². The van der Waals surface area contributed by atoms with Gasteiger partial charge in [0.05, 0.1) is 11.1 Å². The second-order valence-electron chi connectivity index (χ2n) is 6.23. The van der Waals surface area contributed by atoms with Crippen molar-refractivity contribution in [2.75, 3.05) is 0 Å². The smallest absolute Gasteiger partial charge is 0.340 e. The molecule has 0 bridgehead atoms. The van der Waals surface area contributed by atoms with Crippen LogP contribution in [0, 0.1) is 0 Å². The highest BCUT2D eigenvalue weighted by Gasteiger charge is 2.48. The van der Waals surface area contributed by atoms with Crippen LogP contribution in [-0.4, -0.2) is 27.3 Å². The van der Waals surface area contributed by atoms with E-state index in [2.05, 4.69) is 0 Å². The van der Waals surface area contributed by atoms with E-state index in [0.29, 0.717) is 16.7 Å². The third kappa shape index (κ3) is 2.50. The summed E-state index contributed by atoms with van der Waals surface area (Å²) in [7, 11) is 0. The number of hydrogen-bond acceptors (Lipinski definition) is 5. The number of carbonyl (C=O) groups excluding carboxylic acids is 1. The number of phenolic OH excluding ortho intramolecular Hbond substituents is 2. The van der Waals surface area contributed by atoms with Crippen molar-refractivity contribution < 1.29 is 29.6 Å². The predicted molar refractivity (Wildman–Crippen MR) is 94.9 cm³/mol. The van der Waals surface area contributed by atoms with Crippen LogP contribution in [0.25, 0.3) is 0 Å². The Labute approximate surface area is 153 Å². The van der Waals surface area contributed by atoms with E-state index < -0.39 is 17.5 Å². The van der Waals surface area contributed by atoms with Crippen LogP contribution in [0.5, 0.6) is 11.5 Å². The zero-order valence-electron chi connectivity index (χ0n) is 13.9. The van der Waals surface area contributed by atoms with Gasteiger partial charge in [-0.05, 0) is 36.4 Å². The van der Waals surface area contributed by atoms with E-state index in [0.717, 1.165) is 0 Å². The van der Waals surface area contributed by atoms with Gasteiger partial charge in [-0.3, -0.25) is 0 Å². The average molecular weight is 362 g/mol. The molecule has 1 aliphatic heterocycles. The Morgan fingerprint density at radius 2 is 1.33 bits per heavy atom. The number of carboxylic acids is 1. The largest absolute Gasteiger partial charge is 0.508 e. The van der Waals surface area contributed by atoms with Gasteiger partial charge >= 0.3 is 11.9 Å². The quantitative estimate of drug-likeness (QED) is 0.618. The summed E-state index contributed by atoms with van der Waals surface area (Å²) < 4.78 is 5.81. The highest BCUT2D eigenvalue weighted by atomic mass is 16.6. The first kappa shape index (κ1) is 16.7. The first-order chi connectivity index (χ1) is 12.9. The number of esters is 1. The molecular weight excluding hydrogens is 348 g/mol. The molecule has 0 fully saturated rings. The fourth-order valence-corrected chi connectivity index (χ4v) is 3.39. The minimum Gasteiger partial charge on any atom is -0.508 e. The molecule has 134 valence electrons. The van der Waals surface area contributed by atoms with Gasteiger partial charge in [-0.25, -0.2) is 9.59 Å². The number of aromatic hydroxyl groups is 2. The van der Waals surface area contributed by atoms with Gasteiger partial charge in [0.15, 0.2) is 5.60 Å². The van der Waals surface area contributed by atoms with Gasteiger partial charge in [-0.1, -0.05) is 30.3 Å². The Balaban J connectivity index is 2.01. The van der Waals surface area contributed by atoms with Crippen LogP contribution in [0.3, 0.4) is 0 Å². The lowest BCUT2D eigenvalue weighted by atomic mass is 9.79. The second kappa shape index (κ2) is 5.88. The number of hydrogen-bond donors (Lipinski definition) is 3. The Kier molecular flexibility index (Phi) is 3.63. The number of fused-ring (bicyclic) bond motifs is 1. The number of cyclic esters (lactones) is 1. The SMILES string of the molecule is O=C(O)c1ccc2c(c1)C(=O)OC2(c1ccc(O)cc1)c1ccc(O)cc1. The van der Waals surface area contributed by atoms with Gasteiger partial charge in [0, 0.05) is 16.7 Å². The molecule has 3 N–H and O–H groups in total. The lowest BCUT2D eigenvalue weighted by molar-refractivity contribution is 0.0251. The number of phenols is 2. The van der Waals surface area contributed by atoms with Crippen molar-refractivity contribution in [1.82, 2.24) is 0 Å². The number of aromatic carboxylic acids is 1. The summed E-state index contributed by atoms with van der Waals surface area (Å²) in [6.45, 7) is 0. The summed E-state index contributed by atoms with van der Waals surface area (Å²) in [5.41, 5.74) is 0.496. The molecule has 3 aromatic rings. The Hall–Kier alpha value is -3.80. The molecule has 0 radical (unpaired) electrons. The molecular formula is C21H14O6. The molecule has 3 aromatic carbocycles. The molecule has 6 heteroatoms. The summed E-state index contributed by atoms with van der Waals surface area (Å²) in [4.78, 5) is 23.9. The van der Waals surface area contributed by atoms with Crippen molar-refractivity contribution in [1.29, 1.82) is 0 Å². The Morgan fingerprint density at radius 3 is 1.81 bits per heavy atom. The van der Waals surface area contributed by atoms with Gasteiger partial charge in [-0.15, -0.1) is 0 Å². The van der Waals surface area contributed by atoms with Crippen molar-refractivity contribution in [2.24, 2.45) is 0 Å². The molecule has 0 amide bonds. The molecule has 0 atom stereocenters. The van der Waals surface area contributed by atoms with Crippen molar-refractivity contribution in [3.05, 3.63) is 94.5 Å². The Morgan fingerprint density at radius 1 is 0.815 bits per heavy atom. The van der Waals surface area contributed by atoms with E-state index in [1.807, 2.05) is 0 Å². The second-order valence-corrected chi connectivity index (χ2v) is 6.23. The summed E-state index contributed by atoms with van der Waals surface area (Å²) in [5.74, 6) is -1.66. The number of carboxylic acid groups (broad SMARTS) is 1. The normalized spacial score (nSPS) is 14.4. The average Bonchev–Trinajstić information content (AvgIpc) is 2.96. The number of rotatable bonds is 3. The molecule has 0 saturated carbocycles. The van der Waals surface area contributed by atoms with E-state index in [1.165, 1.54) is 36.4 Å². The molecule has 1 aliphatic rings. The molecule has 0 aromatic heterocycles. The molecule has 1 heterocycles. The molecule has 0 unspecified atom stereocenters. The van der Waals surface area contributed by atoms with Crippen LogP contribution in [-0.2, 0) is 10.3 Å². The minimum atomic E-state index is -1.31. The molecule has 0 saturated heterocycles. The zero-order valence-corrected chi connectivity index (χ0v) is 13.9. The number of carbonyl (C=O) groups is 2. The van der Waals surface area contributed by atoms with Gasteiger partial charge in [-0.2, -0.15) is 0 Å². The van der Waals surface area contributed by atoms with E-state index in [1.54, 1.807) is 30.3 Å². The lowest BCUT2D eigenvalue weighted by Gasteiger charge is -2.30. The Bertz CT molecular complexity index is 1010. The van der Waals surface area contributed by atoms with Gasteiger partial charge in [0.2, 0.25) is 0 Å². The highest BCUT2D eigenvalue weighted by Crippen LogP contribution is 2.47. The van der Waals surface area contributed by atoms with Crippen molar-refractivity contribution in [3.8, 4) is 11.5 Å². The van der Waals surface area contributed by atoms with Gasteiger partial charge < -0.3 is 20.1 Å². The van der Waals surface area contributed by atoms with Crippen LogP contribution in [0.15, 0.2) is 66.7 Å². The van der Waals surface area contributed by atoms with E-state index in [4.69, 9.17) is 4.74 Å². The maximum Gasteiger partial charge on any atom is 0.340 e. The first-order valence-corrected chi connectivity index (χ1v) is 8.12. The van der Waals surface area contributed by atoms with Crippen LogP contribution < -0.4 is 0 Å². The summed E-state index contributed by atoms with van der Waals surface area (Å²) >= 11 is 0. The predicted octanol–water partition coefficient (Wildman–Crippen LogP) is 3.26. The third-order valence-electron chi connectivity index (χ3n) is 4.66. The van der Waals surface area contributed by atoms with Crippen LogP contribution in [0.2, 0.25) is 0 Å². The fraction of sp³-hybridized carbons (Fsp3) is 0.0476. The van der Waals surface area contributed by atoms with E-state index in [-0.39, 0.29) is 22.6 Å². The standard InChI is InChI=1S/C21H14O6/c22-15-6-2-13(3-7-15)21(14-4-8-16(23)9-5-14)18-10-1-12(19(24)25)11-17(18)20(26)27-21/h1-11,22-23H,(H,24,25). The molecule has 27 heavy (non-hydrogen) atoms. The lowest BCUT2D eigenvalue weighted by Crippen LogP contribution is -2.29. The molecule has 6 nitrogen and oxygen atoms in total. The van der Waals surface area contributed by atoms with Gasteiger partial charge in [0.1, 0.15) is 11.5 Å². The van der Waals surface area contributed by atoms with Crippen LogP contribution in [0.4, 0.5) is 0 Å². The summed E-state index contributed by atoms with van der Waals surface area (Å²) in [5, 5.41) is 28.5. The fourth-order valence-electron chi connectivity index (χ4n) is 3.39. The topological polar surface area (TPSA) is 104 Å². The minimum absolute atomic E-state index is 0.0158. The molecule has 4 rings (SSSR count). The number of benzene rings is 3. The number of ether oxygens (including phenoxy) is 1. The van der Waals surface area contributed by atoms with Crippen molar-refractivity contribution >= 4 is 11.9 Å². The van der Waals surface area contributed by atoms with Crippen LogP contribution >= 0.6 is 0 Å². The maximum absolute atomic E-state index is 12.6. The van der Waals surface area contributed by atoms with E-state index in [9.17, 15) is 24.9 Å².